The third kappa shape index (κ3) is 4.47. The molecule has 0 saturated carbocycles. The van der Waals surface area contributed by atoms with Gasteiger partial charge in [0.1, 0.15) is 5.15 Å². The lowest BCUT2D eigenvalue weighted by molar-refractivity contribution is -0.112. The van der Waals surface area contributed by atoms with Crippen molar-refractivity contribution in [3.8, 4) is 0 Å². The van der Waals surface area contributed by atoms with Crippen LogP contribution in [0.15, 0.2) is 66.7 Å². The summed E-state index contributed by atoms with van der Waals surface area (Å²) in [5.41, 5.74) is 3.35. The molecule has 3 aromatic carbocycles. The largest absolute Gasteiger partial charge is 0.327 e. The van der Waals surface area contributed by atoms with Crippen molar-refractivity contribution in [2.24, 2.45) is 0 Å². The Kier molecular flexibility index (Phi) is 6.05. The van der Waals surface area contributed by atoms with Gasteiger partial charge in [-0.2, -0.15) is 0 Å². The van der Waals surface area contributed by atoms with E-state index < -0.39 is 11.7 Å². The molecule has 7 heteroatoms. The Morgan fingerprint density at radius 2 is 1.48 bits per heavy atom. The summed E-state index contributed by atoms with van der Waals surface area (Å²) >= 11 is 18.5. The number of carbonyl (C=O) groups is 2. The van der Waals surface area contributed by atoms with Crippen LogP contribution in [0.2, 0.25) is 15.2 Å². The van der Waals surface area contributed by atoms with E-state index in [-0.39, 0.29) is 10.7 Å². The van der Waals surface area contributed by atoms with E-state index in [1.807, 2.05) is 41.8 Å². The number of fused-ring (bicyclic) bond motifs is 1. The van der Waals surface area contributed by atoms with E-state index in [9.17, 15) is 9.59 Å². The van der Waals surface area contributed by atoms with Crippen LogP contribution in [0, 0.1) is 6.92 Å². The molecule has 0 saturated heterocycles. The third-order valence-electron chi connectivity index (χ3n) is 4.94. The average molecular weight is 472 g/mol. The Morgan fingerprint density at radius 1 is 0.871 bits per heavy atom. The van der Waals surface area contributed by atoms with Gasteiger partial charge in [-0.25, -0.2) is 0 Å². The molecule has 1 heterocycles. The van der Waals surface area contributed by atoms with E-state index in [1.165, 1.54) is 0 Å². The molecule has 0 bridgehead atoms. The van der Waals surface area contributed by atoms with Crippen LogP contribution in [-0.2, 0) is 11.3 Å². The number of hydrogen-bond acceptors (Lipinski definition) is 2. The molecule has 0 aliphatic carbocycles. The zero-order valence-electron chi connectivity index (χ0n) is 16.5. The van der Waals surface area contributed by atoms with Gasteiger partial charge in [0.25, 0.3) is 11.7 Å². The fourth-order valence-corrected chi connectivity index (χ4v) is 4.01. The summed E-state index contributed by atoms with van der Waals surface area (Å²) in [5, 5.41) is 4.63. The molecule has 4 aromatic rings. The lowest BCUT2D eigenvalue weighted by atomic mass is 10.1. The van der Waals surface area contributed by atoms with Gasteiger partial charge in [0.2, 0.25) is 0 Å². The molecule has 1 N–H and O–H groups in total. The quantitative estimate of drug-likeness (QED) is 0.258. The van der Waals surface area contributed by atoms with Gasteiger partial charge in [0.15, 0.2) is 0 Å². The highest BCUT2D eigenvalue weighted by molar-refractivity contribution is 6.51. The minimum Gasteiger partial charge on any atom is -0.327 e. The maximum atomic E-state index is 13.1. The minimum absolute atomic E-state index is 0.181. The van der Waals surface area contributed by atoms with Crippen LogP contribution in [0.3, 0.4) is 0 Å². The summed E-state index contributed by atoms with van der Waals surface area (Å²) in [4.78, 5) is 25.8. The predicted molar refractivity (Wildman–Crippen MR) is 127 cm³/mol. The van der Waals surface area contributed by atoms with Crippen LogP contribution in [0.25, 0.3) is 10.9 Å². The molecule has 156 valence electrons. The molecule has 4 rings (SSSR count). The molecule has 0 fully saturated rings. The number of nitrogens with one attached hydrogen (secondary N) is 1. The van der Waals surface area contributed by atoms with Crippen LogP contribution < -0.4 is 5.32 Å². The second kappa shape index (κ2) is 8.75. The van der Waals surface area contributed by atoms with Crippen molar-refractivity contribution in [3.05, 3.63) is 98.6 Å². The number of carbonyl (C=O) groups excluding carboxylic acids is 2. The van der Waals surface area contributed by atoms with Crippen LogP contribution in [-0.4, -0.2) is 16.3 Å². The summed E-state index contributed by atoms with van der Waals surface area (Å²) < 4.78 is 1.82. The van der Waals surface area contributed by atoms with Crippen molar-refractivity contribution in [3.63, 3.8) is 0 Å². The number of Topliss-reactive ketones (excluding diaryl/α,β-unsaturated/α-hetero) is 1. The fourth-order valence-electron chi connectivity index (χ4n) is 3.41. The lowest BCUT2D eigenvalue weighted by Crippen LogP contribution is -2.23. The highest BCUT2D eigenvalue weighted by Crippen LogP contribution is 2.32. The molecule has 0 atom stereocenters. The van der Waals surface area contributed by atoms with E-state index >= 15 is 0 Å². The van der Waals surface area contributed by atoms with Crippen LogP contribution in [0.4, 0.5) is 5.69 Å². The standard InChI is InChI=1S/C24H17Cl3N2O2/c1-14-2-11-20-19(12-14)21(22(30)24(31)28-18-9-7-17(26)8-10-18)23(27)29(20)13-15-3-5-16(25)6-4-15/h2-12H,13H2,1H3,(H,28,31). The van der Waals surface area contributed by atoms with Crippen molar-refractivity contribution in [1.29, 1.82) is 0 Å². The Bertz CT molecular complexity index is 1290. The number of amides is 1. The summed E-state index contributed by atoms with van der Waals surface area (Å²) in [6, 6.07) is 19.6. The Balaban J connectivity index is 1.74. The molecule has 1 amide bonds. The molecular formula is C24H17Cl3N2O2. The summed E-state index contributed by atoms with van der Waals surface area (Å²) in [7, 11) is 0. The SMILES string of the molecule is Cc1ccc2c(c1)c(C(=O)C(=O)Nc1ccc(Cl)cc1)c(Cl)n2Cc1ccc(Cl)cc1. The Morgan fingerprint density at radius 3 is 2.13 bits per heavy atom. The highest BCUT2D eigenvalue weighted by atomic mass is 35.5. The Labute approximate surface area is 194 Å². The molecule has 0 aliphatic heterocycles. The first-order valence-electron chi connectivity index (χ1n) is 9.47. The summed E-state index contributed by atoms with van der Waals surface area (Å²) in [5.74, 6) is -1.47. The molecule has 0 aliphatic rings. The zero-order chi connectivity index (χ0) is 22.1. The van der Waals surface area contributed by atoms with Crippen molar-refractivity contribution in [2.45, 2.75) is 13.5 Å². The van der Waals surface area contributed by atoms with Crippen molar-refractivity contribution >= 4 is 63.1 Å². The van der Waals surface area contributed by atoms with E-state index in [4.69, 9.17) is 34.8 Å². The van der Waals surface area contributed by atoms with E-state index in [0.29, 0.717) is 27.7 Å². The molecule has 4 nitrogen and oxygen atoms in total. The number of anilines is 1. The number of hydrogen-bond donors (Lipinski definition) is 1. The number of aryl methyl sites for hydroxylation is 1. The van der Waals surface area contributed by atoms with Crippen molar-refractivity contribution in [2.75, 3.05) is 5.32 Å². The normalized spacial score (nSPS) is 11.0. The van der Waals surface area contributed by atoms with E-state index in [2.05, 4.69) is 5.32 Å². The number of aromatic nitrogens is 1. The molecule has 0 unspecified atom stereocenters. The maximum absolute atomic E-state index is 13.1. The number of nitrogens with zero attached hydrogens (tertiary/aromatic N) is 1. The van der Waals surface area contributed by atoms with Crippen LogP contribution in [0.1, 0.15) is 21.5 Å². The summed E-state index contributed by atoms with van der Waals surface area (Å²) in [6.45, 7) is 2.35. The number of benzene rings is 3. The third-order valence-corrected chi connectivity index (χ3v) is 5.84. The van der Waals surface area contributed by atoms with E-state index in [0.717, 1.165) is 16.6 Å². The van der Waals surface area contributed by atoms with Gasteiger partial charge in [0.05, 0.1) is 11.1 Å². The molecule has 0 spiro atoms. The zero-order valence-corrected chi connectivity index (χ0v) is 18.7. The number of rotatable bonds is 5. The fraction of sp³-hybridized carbons (Fsp3) is 0.0833. The van der Waals surface area contributed by atoms with Gasteiger partial charge in [-0.1, -0.05) is 58.6 Å². The monoisotopic (exact) mass is 470 g/mol. The molecule has 31 heavy (non-hydrogen) atoms. The predicted octanol–water partition coefficient (Wildman–Crippen LogP) is 6.78. The molecule has 0 radical (unpaired) electrons. The van der Waals surface area contributed by atoms with Gasteiger partial charge >= 0.3 is 0 Å². The van der Waals surface area contributed by atoms with Gasteiger partial charge in [-0.3, -0.25) is 9.59 Å². The Hall–Kier alpha value is -2.79. The highest BCUT2D eigenvalue weighted by Gasteiger charge is 2.26. The topological polar surface area (TPSA) is 51.1 Å². The first-order chi connectivity index (χ1) is 14.8. The van der Waals surface area contributed by atoms with Crippen LogP contribution in [0.5, 0.6) is 0 Å². The number of ketones is 1. The second-order valence-corrected chi connectivity index (χ2v) is 8.42. The minimum atomic E-state index is -0.767. The van der Waals surface area contributed by atoms with Crippen molar-refractivity contribution in [1.82, 2.24) is 4.57 Å². The van der Waals surface area contributed by atoms with Gasteiger partial charge in [-0.15, -0.1) is 0 Å². The van der Waals surface area contributed by atoms with E-state index in [1.54, 1.807) is 36.4 Å². The maximum Gasteiger partial charge on any atom is 0.296 e. The first-order valence-corrected chi connectivity index (χ1v) is 10.6. The molecule has 1 aromatic heterocycles. The van der Waals surface area contributed by atoms with Gasteiger partial charge < -0.3 is 9.88 Å². The first kappa shape index (κ1) is 21.4. The lowest BCUT2D eigenvalue weighted by Gasteiger charge is -2.08. The average Bonchev–Trinajstić information content (AvgIpc) is 3.01. The van der Waals surface area contributed by atoms with Crippen molar-refractivity contribution < 1.29 is 9.59 Å². The summed E-state index contributed by atoms with van der Waals surface area (Å²) in [6.07, 6.45) is 0. The number of halogens is 3. The van der Waals surface area contributed by atoms with Gasteiger partial charge in [-0.05, 0) is 61.0 Å². The molecular weight excluding hydrogens is 455 g/mol. The van der Waals surface area contributed by atoms with Gasteiger partial charge in [0, 0.05) is 27.7 Å². The van der Waals surface area contributed by atoms with Crippen LogP contribution >= 0.6 is 34.8 Å². The second-order valence-electron chi connectivity index (χ2n) is 7.19. The smallest absolute Gasteiger partial charge is 0.296 e.